The van der Waals surface area contributed by atoms with E-state index in [0.29, 0.717) is 12.8 Å². The van der Waals surface area contributed by atoms with E-state index in [2.05, 4.69) is 4.74 Å². The van der Waals surface area contributed by atoms with Crippen molar-refractivity contribution in [3.05, 3.63) is 35.4 Å². The van der Waals surface area contributed by atoms with Crippen molar-refractivity contribution in [2.24, 2.45) is 5.73 Å². The van der Waals surface area contributed by atoms with Crippen LogP contribution in [0.5, 0.6) is 0 Å². The van der Waals surface area contributed by atoms with Crippen LogP contribution in [0.4, 0.5) is 0 Å². The maximum absolute atomic E-state index is 11.0. The first-order chi connectivity index (χ1) is 7.67. The second-order valence-electron chi connectivity index (χ2n) is 3.62. The molecule has 4 heteroatoms. The Hall–Kier alpha value is -1.39. The maximum atomic E-state index is 11.0. The van der Waals surface area contributed by atoms with Crippen molar-refractivity contribution in [2.45, 2.75) is 25.5 Å². The number of benzene rings is 1. The van der Waals surface area contributed by atoms with Crippen LogP contribution in [0.15, 0.2) is 24.3 Å². The lowest BCUT2D eigenvalue weighted by Crippen LogP contribution is -2.13. The summed E-state index contributed by atoms with van der Waals surface area (Å²) < 4.78 is 4.55. The van der Waals surface area contributed by atoms with E-state index in [9.17, 15) is 4.79 Å². The normalized spacial score (nSPS) is 12.2. The van der Waals surface area contributed by atoms with Crippen LogP contribution < -0.4 is 5.73 Å². The highest BCUT2D eigenvalue weighted by atomic mass is 16.5. The summed E-state index contributed by atoms with van der Waals surface area (Å²) in [7, 11) is 1.36. The van der Waals surface area contributed by atoms with Crippen molar-refractivity contribution in [3.8, 4) is 0 Å². The summed E-state index contributed by atoms with van der Waals surface area (Å²) >= 11 is 0. The fraction of sp³-hybridized carbons (Fsp3) is 0.417. The van der Waals surface area contributed by atoms with E-state index >= 15 is 0 Å². The van der Waals surface area contributed by atoms with E-state index in [1.165, 1.54) is 7.11 Å². The number of nitrogens with two attached hydrogens (primary N) is 1. The van der Waals surface area contributed by atoms with Crippen molar-refractivity contribution >= 4 is 5.97 Å². The number of methoxy groups -OCH3 is 1. The lowest BCUT2D eigenvalue weighted by molar-refractivity contribution is -0.140. The molecule has 16 heavy (non-hydrogen) atoms. The summed E-state index contributed by atoms with van der Waals surface area (Å²) in [5.41, 5.74) is 7.68. The molecule has 1 unspecified atom stereocenters. The third-order valence-electron chi connectivity index (χ3n) is 2.45. The monoisotopic (exact) mass is 223 g/mol. The fourth-order valence-electron chi connectivity index (χ4n) is 1.46. The van der Waals surface area contributed by atoms with E-state index < -0.39 is 0 Å². The second-order valence-corrected chi connectivity index (χ2v) is 3.62. The number of carbonyl (C=O) groups excluding carboxylic acids is 1. The zero-order chi connectivity index (χ0) is 12.0. The highest BCUT2D eigenvalue weighted by molar-refractivity contribution is 5.69. The smallest absolute Gasteiger partial charge is 0.305 e. The molecule has 0 saturated heterocycles. The molecule has 88 valence electrons. The Morgan fingerprint density at radius 3 is 2.94 bits per heavy atom. The average molecular weight is 223 g/mol. The fourth-order valence-corrected chi connectivity index (χ4v) is 1.46. The largest absolute Gasteiger partial charge is 0.469 e. The van der Waals surface area contributed by atoms with Crippen LogP contribution in [0.3, 0.4) is 0 Å². The third kappa shape index (κ3) is 3.64. The molecular weight excluding hydrogens is 206 g/mol. The van der Waals surface area contributed by atoms with Gasteiger partial charge in [0.2, 0.25) is 0 Å². The number of rotatable bonds is 5. The molecule has 3 N–H and O–H groups in total. The van der Waals surface area contributed by atoms with Crippen LogP contribution in [0, 0.1) is 0 Å². The SMILES string of the molecule is COC(=O)CCC(N)c1cccc(CO)c1. The quantitative estimate of drug-likeness (QED) is 0.734. The van der Waals surface area contributed by atoms with Gasteiger partial charge in [0.1, 0.15) is 0 Å². The molecule has 0 fully saturated rings. The Bertz CT molecular complexity index is 352. The van der Waals surface area contributed by atoms with Crippen molar-refractivity contribution < 1.29 is 14.6 Å². The Kier molecular flexibility index (Phi) is 4.95. The van der Waals surface area contributed by atoms with Crippen molar-refractivity contribution in [2.75, 3.05) is 7.11 Å². The van der Waals surface area contributed by atoms with Crippen LogP contribution in [0.2, 0.25) is 0 Å². The molecule has 0 aliphatic carbocycles. The van der Waals surface area contributed by atoms with Gasteiger partial charge < -0.3 is 15.6 Å². The zero-order valence-electron chi connectivity index (χ0n) is 9.35. The molecule has 4 nitrogen and oxygen atoms in total. The lowest BCUT2D eigenvalue weighted by atomic mass is 10.0. The Morgan fingerprint density at radius 2 is 2.31 bits per heavy atom. The first-order valence-electron chi connectivity index (χ1n) is 5.19. The first-order valence-corrected chi connectivity index (χ1v) is 5.19. The molecule has 0 amide bonds. The number of hydrogen-bond donors (Lipinski definition) is 2. The molecule has 0 spiro atoms. The van der Waals surface area contributed by atoms with E-state index in [-0.39, 0.29) is 18.6 Å². The Labute approximate surface area is 95.0 Å². The van der Waals surface area contributed by atoms with Crippen molar-refractivity contribution in [1.82, 2.24) is 0 Å². The van der Waals surface area contributed by atoms with Crippen LogP contribution >= 0.6 is 0 Å². The van der Waals surface area contributed by atoms with Crippen molar-refractivity contribution in [1.29, 1.82) is 0 Å². The van der Waals surface area contributed by atoms with E-state index in [1.807, 2.05) is 24.3 Å². The number of aliphatic hydroxyl groups excluding tert-OH is 1. The standard InChI is InChI=1S/C12H17NO3/c1-16-12(15)6-5-11(13)10-4-2-3-9(7-10)8-14/h2-4,7,11,14H,5-6,8,13H2,1H3. The molecule has 1 aromatic rings. The molecular formula is C12H17NO3. The van der Waals surface area contributed by atoms with Gasteiger partial charge in [-0.1, -0.05) is 24.3 Å². The van der Waals surface area contributed by atoms with Gasteiger partial charge in [-0.25, -0.2) is 0 Å². The molecule has 0 bridgehead atoms. The average Bonchev–Trinajstić information content (AvgIpc) is 2.35. The summed E-state index contributed by atoms with van der Waals surface area (Å²) in [4.78, 5) is 11.0. The predicted molar refractivity (Wildman–Crippen MR) is 60.5 cm³/mol. The number of esters is 1. The lowest BCUT2D eigenvalue weighted by Gasteiger charge is -2.12. The van der Waals surface area contributed by atoms with Crippen LogP contribution in [-0.4, -0.2) is 18.2 Å². The Morgan fingerprint density at radius 1 is 1.56 bits per heavy atom. The van der Waals surface area contributed by atoms with Gasteiger partial charge >= 0.3 is 5.97 Å². The van der Waals surface area contributed by atoms with E-state index in [1.54, 1.807) is 0 Å². The van der Waals surface area contributed by atoms with Gasteiger partial charge in [0, 0.05) is 12.5 Å². The molecule has 1 atom stereocenters. The highest BCUT2D eigenvalue weighted by Gasteiger charge is 2.09. The molecule has 0 aliphatic heterocycles. The molecule has 0 saturated carbocycles. The van der Waals surface area contributed by atoms with Crippen LogP contribution in [0.25, 0.3) is 0 Å². The predicted octanol–water partition coefficient (Wildman–Crippen LogP) is 1.13. The van der Waals surface area contributed by atoms with Gasteiger partial charge in [-0.2, -0.15) is 0 Å². The number of carbonyl (C=O) groups is 1. The van der Waals surface area contributed by atoms with Gasteiger partial charge in [0.25, 0.3) is 0 Å². The molecule has 1 rings (SSSR count). The van der Waals surface area contributed by atoms with Gasteiger partial charge in [-0.05, 0) is 17.5 Å². The zero-order valence-corrected chi connectivity index (χ0v) is 9.35. The van der Waals surface area contributed by atoms with Gasteiger partial charge in [-0.15, -0.1) is 0 Å². The highest BCUT2D eigenvalue weighted by Crippen LogP contribution is 2.17. The summed E-state index contributed by atoms with van der Waals surface area (Å²) in [6.07, 6.45) is 0.850. The maximum Gasteiger partial charge on any atom is 0.305 e. The van der Waals surface area contributed by atoms with Gasteiger partial charge in [0.15, 0.2) is 0 Å². The molecule has 0 heterocycles. The third-order valence-corrected chi connectivity index (χ3v) is 2.45. The minimum Gasteiger partial charge on any atom is -0.469 e. The second kappa shape index (κ2) is 6.25. The minimum absolute atomic E-state index is 0.00242. The summed E-state index contributed by atoms with van der Waals surface area (Å²) in [5, 5.41) is 8.99. The molecule has 1 aromatic carbocycles. The van der Waals surface area contributed by atoms with Crippen molar-refractivity contribution in [3.63, 3.8) is 0 Å². The first kappa shape index (κ1) is 12.7. The summed E-state index contributed by atoms with van der Waals surface area (Å²) in [6.45, 7) is -0.00242. The van der Waals surface area contributed by atoms with E-state index in [0.717, 1.165) is 11.1 Å². The van der Waals surface area contributed by atoms with Gasteiger partial charge in [0.05, 0.1) is 13.7 Å². The molecule has 0 radical (unpaired) electrons. The number of aliphatic hydroxyl groups is 1. The Balaban J connectivity index is 2.58. The van der Waals surface area contributed by atoms with Crippen LogP contribution in [-0.2, 0) is 16.1 Å². The van der Waals surface area contributed by atoms with Gasteiger partial charge in [-0.3, -0.25) is 4.79 Å². The molecule has 0 aromatic heterocycles. The minimum atomic E-state index is -0.256. The van der Waals surface area contributed by atoms with E-state index in [4.69, 9.17) is 10.8 Å². The summed E-state index contributed by atoms with van der Waals surface area (Å²) in [5.74, 6) is -0.256. The number of ether oxygens (including phenoxy) is 1. The van der Waals surface area contributed by atoms with Crippen LogP contribution in [0.1, 0.15) is 30.0 Å². The topological polar surface area (TPSA) is 72.5 Å². The summed E-state index contributed by atoms with van der Waals surface area (Å²) in [6, 6.07) is 7.21. The number of hydrogen-bond acceptors (Lipinski definition) is 4. The molecule has 0 aliphatic rings.